The van der Waals surface area contributed by atoms with Crippen molar-refractivity contribution in [3.05, 3.63) is 58.3 Å². The zero-order chi connectivity index (χ0) is 20.9. The Labute approximate surface area is 176 Å². The molecule has 8 heteroatoms. The number of benzene rings is 1. The highest BCUT2D eigenvalue weighted by Crippen LogP contribution is 2.40. The highest BCUT2D eigenvalue weighted by molar-refractivity contribution is 7.89. The second kappa shape index (κ2) is 9.78. The SMILES string of the molecule is O=C(O)CCCC=CCC1=C(NS(=O)(=O)CCc2cccc(Cl)c2)C2CCC1O2. The Bertz CT molecular complexity index is 909. The van der Waals surface area contributed by atoms with Crippen molar-refractivity contribution in [1.29, 1.82) is 0 Å². The highest BCUT2D eigenvalue weighted by Gasteiger charge is 2.41. The molecule has 2 aliphatic rings. The van der Waals surface area contributed by atoms with Gasteiger partial charge in [-0.15, -0.1) is 0 Å². The van der Waals surface area contributed by atoms with Gasteiger partial charge in [-0.05, 0) is 61.8 Å². The maximum Gasteiger partial charge on any atom is 0.303 e. The van der Waals surface area contributed by atoms with E-state index in [4.69, 9.17) is 21.4 Å². The van der Waals surface area contributed by atoms with Crippen LogP contribution in [0.2, 0.25) is 5.02 Å². The highest BCUT2D eigenvalue weighted by atomic mass is 35.5. The largest absolute Gasteiger partial charge is 0.481 e. The van der Waals surface area contributed by atoms with Gasteiger partial charge in [0.1, 0.15) is 0 Å². The summed E-state index contributed by atoms with van der Waals surface area (Å²) in [5.41, 5.74) is 2.55. The Hall–Kier alpha value is -1.83. The quantitative estimate of drug-likeness (QED) is 0.404. The molecule has 2 N–H and O–H groups in total. The lowest BCUT2D eigenvalue weighted by molar-refractivity contribution is -0.137. The van der Waals surface area contributed by atoms with Crippen LogP contribution in [0, 0.1) is 0 Å². The second-order valence-electron chi connectivity index (χ2n) is 7.39. The molecule has 0 saturated carbocycles. The summed E-state index contributed by atoms with van der Waals surface area (Å²) in [6.45, 7) is 0. The van der Waals surface area contributed by atoms with Gasteiger partial charge in [0.25, 0.3) is 0 Å². The van der Waals surface area contributed by atoms with E-state index in [1.807, 2.05) is 24.3 Å². The zero-order valence-electron chi connectivity index (χ0n) is 16.1. The first-order valence-electron chi connectivity index (χ1n) is 9.84. The summed E-state index contributed by atoms with van der Waals surface area (Å²) in [4.78, 5) is 10.5. The number of carboxylic acids is 1. The molecular weight excluding hydrogens is 414 g/mol. The number of nitrogens with one attached hydrogen (secondary N) is 1. The monoisotopic (exact) mass is 439 g/mol. The van der Waals surface area contributed by atoms with Gasteiger partial charge in [-0.25, -0.2) is 8.42 Å². The van der Waals surface area contributed by atoms with Gasteiger partial charge < -0.3 is 9.84 Å². The van der Waals surface area contributed by atoms with E-state index in [-0.39, 0.29) is 24.4 Å². The van der Waals surface area contributed by atoms with Crippen molar-refractivity contribution in [1.82, 2.24) is 4.72 Å². The molecule has 0 radical (unpaired) electrons. The fraction of sp³-hybridized carbons (Fsp3) is 0.476. The predicted molar refractivity (Wildman–Crippen MR) is 112 cm³/mol. The lowest BCUT2D eigenvalue weighted by atomic mass is 9.94. The van der Waals surface area contributed by atoms with Crippen LogP contribution in [0.3, 0.4) is 0 Å². The van der Waals surface area contributed by atoms with Gasteiger partial charge in [0.2, 0.25) is 10.0 Å². The molecule has 158 valence electrons. The number of carboxylic acid groups (broad SMARTS) is 1. The summed E-state index contributed by atoms with van der Waals surface area (Å²) in [6, 6.07) is 7.21. The van der Waals surface area contributed by atoms with Crippen molar-refractivity contribution in [3.63, 3.8) is 0 Å². The van der Waals surface area contributed by atoms with Crippen molar-refractivity contribution in [2.45, 2.75) is 57.2 Å². The van der Waals surface area contributed by atoms with Crippen LogP contribution in [-0.2, 0) is 26.0 Å². The third kappa shape index (κ3) is 6.32. The number of fused-ring (bicyclic) bond motifs is 2. The molecule has 29 heavy (non-hydrogen) atoms. The van der Waals surface area contributed by atoms with Crippen molar-refractivity contribution >= 4 is 27.6 Å². The summed E-state index contributed by atoms with van der Waals surface area (Å²) < 4.78 is 33.9. The van der Waals surface area contributed by atoms with Crippen molar-refractivity contribution < 1.29 is 23.1 Å². The van der Waals surface area contributed by atoms with Crippen LogP contribution in [0.25, 0.3) is 0 Å². The van der Waals surface area contributed by atoms with Gasteiger partial charge in [-0.1, -0.05) is 35.9 Å². The maximum absolute atomic E-state index is 12.6. The summed E-state index contributed by atoms with van der Waals surface area (Å²) in [5, 5.41) is 9.26. The number of hydrogen-bond donors (Lipinski definition) is 2. The molecule has 1 saturated heterocycles. The van der Waals surface area contributed by atoms with Gasteiger partial charge in [0, 0.05) is 11.4 Å². The Morgan fingerprint density at radius 2 is 2.07 bits per heavy atom. The Balaban J connectivity index is 1.60. The van der Waals surface area contributed by atoms with Gasteiger partial charge >= 0.3 is 5.97 Å². The lowest BCUT2D eigenvalue weighted by Crippen LogP contribution is -2.32. The van der Waals surface area contributed by atoms with Crippen molar-refractivity contribution in [2.24, 2.45) is 0 Å². The number of aryl methyl sites for hydroxylation is 1. The van der Waals surface area contributed by atoms with Crippen molar-refractivity contribution in [2.75, 3.05) is 5.75 Å². The van der Waals surface area contributed by atoms with Crippen LogP contribution in [0.1, 0.15) is 44.1 Å². The number of aliphatic carboxylic acids is 1. The molecule has 0 amide bonds. The molecule has 1 fully saturated rings. The number of halogens is 1. The minimum Gasteiger partial charge on any atom is -0.481 e. The van der Waals surface area contributed by atoms with E-state index in [0.29, 0.717) is 36.4 Å². The van der Waals surface area contributed by atoms with E-state index in [1.165, 1.54) is 0 Å². The number of unbranched alkanes of at least 4 members (excludes halogenated alkanes) is 1. The summed E-state index contributed by atoms with van der Waals surface area (Å²) in [6.07, 6.45) is 7.87. The first-order valence-corrected chi connectivity index (χ1v) is 11.9. The van der Waals surface area contributed by atoms with Crippen LogP contribution in [-0.4, -0.2) is 37.5 Å². The van der Waals surface area contributed by atoms with Crippen LogP contribution in [0.15, 0.2) is 47.7 Å². The van der Waals surface area contributed by atoms with Gasteiger partial charge in [0.05, 0.1) is 23.7 Å². The number of sulfonamides is 1. The minimum atomic E-state index is -3.50. The first-order chi connectivity index (χ1) is 13.8. The zero-order valence-corrected chi connectivity index (χ0v) is 17.7. The lowest BCUT2D eigenvalue weighted by Gasteiger charge is -2.18. The molecule has 6 nitrogen and oxygen atoms in total. The first kappa shape index (κ1) is 21.9. The van der Waals surface area contributed by atoms with E-state index in [0.717, 1.165) is 24.0 Å². The number of hydrogen-bond acceptors (Lipinski definition) is 4. The number of rotatable bonds is 11. The average Bonchev–Trinajstić information content (AvgIpc) is 3.25. The van der Waals surface area contributed by atoms with Gasteiger partial charge in [-0.3, -0.25) is 9.52 Å². The Kier molecular flexibility index (Phi) is 7.38. The predicted octanol–water partition coefficient (Wildman–Crippen LogP) is 3.82. The van der Waals surface area contributed by atoms with Gasteiger partial charge in [0.15, 0.2) is 0 Å². The van der Waals surface area contributed by atoms with E-state index in [1.54, 1.807) is 12.1 Å². The topological polar surface area (TPSA) is 92.7 Å². The molecule has 0 aliphatic carbocycles. The summed E-state index contributed by atoms with van der Waals surface area (Å²) in [7, 11) is -3.50. The average molecular weight is 440 g/mol. The molecule has 1 aromatic rings. The van der Waals surface area contributed by atoms with Crippen LogP contribution in [0.5, 0.6) is 0 Å². The van der Waals surface area contributed by atoms with E-state index in [2.05, 4.69) is 4.72 Å². The third-order valence-electron chi connectivity index (χ3n) is 5.16. The van der Waals surface area contributed by atoms with Crippen LogP contribution < -0.4 is 4.72 Å². The third-order valence-corrected chi connectivity index (χ3v) is 6.66. The van der Waals surface area contributed by atoms with E-state index in [9.17, 15) is 13.2 Å². The van der Waals surface area contributed by atoms with Crippen LogP contribution in [0.4, 0.5) is 0 Å². The van der Waals surface area contributed by atoms with E-state index >= 15 is 0 Å². The molecular formula is C21H26ClNO5S. The van der Waals surface area contributed by atoms with Crippen molar-refractivity contribution in [3.8, 4) is 0 Å². The normalized spacial score (nSPS) is 21.3. The molecule has 2 atom stereocenters. The Morgan fingerprint density at radius 3 is 2.83 bits per heavy atom. The molecule has 0 aromatic heterocycles. The minimum absolute atomic E-state index is 0.0213. The number of allylic oxidation sites excluding steroid dienone is 2. The standard InChI is InChI=1S/C21H26ClNO5S/c22-16-7-5-6-15(14-16)12-13-29(26,27)23-21-17(18-10-11-19(21)28-18)8-3-1-2-4-9-20(24)25/h1,3,5-7,14,18-19,23H,2,4,8-13H2,(H,24,25). The fourth-order valence-corrected chi connectivity index (χ4v) is 5.14. The molecule has 1 aromatic carbocycles. The molecule has 2 heterocycles. The molecule has 2 aliphatic heterocycles. The molecule has 2 bridgehead atoms. The van der Waals surface area contributed by atoms with Crippen LogP contribution >= 0.6 is 11.6 Å². The molecule has 0 spiro atoms. The second-order valence-corrected chi connectivity index (χ2v) is 9.67. The summed E-state index contributed by atoms with van der Waals surface area (Å²) in [5.74, 6) is -0.816. The molecule has 2 unspecified atom stereocenters. The smallest absolute Gasteiger partial charge is 0.303 e. The Morgan fingerprint density at radius 1 is 1.28 bits per heavy atom. The van der Waals surface area contributed by atoms with E-state index < -0.39 is 16.0 Å². The number of carbonyl (C=O) groups is 1. The van der Waals surface area contributed by atoms with Gasteiger partial charge in [-0.2, -0.15) is 0 Å². The number of ether oxygens (including phenoxy) is 1. The summed E-state index contributed by atoms with van der Waals surface area (Å²) >= 11 is 5.97. The maximum atomic E-state index is 12.6. The molecule has 3 rings (SSSR count). The fourth-order valence-electron chi connectivity index (χ4n) is 3.72.